The van der Waals surface area contributed by atoms with Crippen LogP contribution in [0.2, 0.25) is 0 Å². The molecule has 0 unspecified atom stereocenters. The van der Waals surface area contributed by atoms with Crippen LogP contribution in [0.4, 0.5) is 9.59 Å². The SMILES string of the molecule is O=C(NNC(=O)OCC([N+](=O)[O-])([N+](=O)[O-])[N+](=O)[O-])OCC([N+](=O)[O-])([N+](=O)[O-])[N+](=O)[O-]. The zero-order valence-electron chi connectivity index (χ0n) is 13.6. The third-order valence-corrected chi connectivity index (χ3v) is 2.81. The van der Waals surface area contributed by atoms with Gasteiger partial charge in [-0.25, -0.2) is 20.4 Å². The fraction of sp³-hybridized carbons (Fsp3) is 0.667. The van der Waals surface area contributed by atoms with E-state index in [2.05, 4.69) is 9.47 Å². The van der Waals surface area contributed by atoms with Crippen molar-refractivity contribution < 1.29 is 48.6 Å². The number of rotatable bonds is 10. The molecule has 0 aliphatic carbocycles. The number of hydrazine groups is 1. The molecule has 166 valence electrons. The summed E-state index contributed by atoms with van der Waals surface area (Å²) < 4.78 is 7.66. The van der Waals surface area contributed by atoms with Crippen LogP contribution in [-0.4, -0.2) is 66.5 Å². The molecule has 0 saturated heterocycles. The molecule has 0 aliphatic rings. The van der Waals surface area contributed by atoms with Crippen LogP contribution in [0.15, 0.2) is 0 Å². The Labute approximate surface area is 158 Å². The molecule has 2 amide bonds. The van der Waals surface area contributed by atoms with Gasteiger partial charge >= 0.3 is 37.0 Å². The molecule has 0 aromatic heterocycles. The van der Waals surface area contributed by atoms with Crippen LogP contribution in [0.5, 0.6) is 0 Å². The van der Waals surface area contributed by atoms with E-state index in [-0.39, 0.29) is 0 Å². The molecule has 0 atom stereocenters. The van der Waals surface area contributed by atoms with Crippen LogP contribution in [-0.2, 0) is 9.47 Å². The molecule has 24 nitrogen and oxygen atoms in total. The van der Waals surface area contributed by atoms with Crippen LogP contribution < -0.4 is 10.9 Å². The predicted molar refractivity (Wildman–Crippen MR) is 76.4 cm³/mol. The van der Waals surface area contributed by atoms with Crippen LogP contribution in [0, 0.1) is 60.7 Å². The Hall–Kier alpha value is -5.06. The van der Waals surface area contributed by atoms with Crippen molar-refractivity contribution >= 4 is 12.2 Å². The van der Waals surface area contributed by atoms with E-state index < -0.39 is 66.5 Å². The fourth-order valence-corrected chi connectivity index (χ4v) is 1.22. The van der Waals surface area contributed by atoms with Gasteiger partial charge in [0.1, 0.15) is 0 Å². The van der Waals surface area contributed by atoms with Gasteiger partial charge in [-0.3, -0.25) is 60.7 Å². The van der Waals surface area contributed by atoms with Crippen molar-refractivity contribution in [2.24, 2.45) is 0 Å². The van der Waals surface area contributed by atoms with Crippen LogP contribution in [0.25, 0.3) is 0 Å². The summed E-state index contributed by atoms with van der Waals surface area (Å²) in [5.74, 6) is -8.39. The molecule has 2 N–H and O–H groups in total. The molecule has 0 fully saturated rings. The summed E-state index contributed by atoms with van der Waals surface area (Å²) in [6, 6.07) is 0. The lowest BCUT2D eigenvalue weighted by atomic mass is 10.4. The van der Waals surface area contributed by atoms with Crippen LogP contribution in [0.1, 0.15) is 0 Å². The maximum Gasteiger partial charge on any atom is 0.734 e. The number of nitrogens with one attached hydrogen (secondary N) is 2. The second-order valence-electron chi connectivity index (χ2n) is 4.49. The summed E-state index contributed by atoms with van der Waals surface area (Å²) in [6.45, 7) is -4.15. The second kappa shape index (κ2) is 9.23. The lowest BCUT2D eigenvalue weighted by Gasteiger charge is -2.11. The number of nitro groups is 6. The van der Waals surface area contributed by atoms with Crippen molar-refractivity contribution in [3.8, 4) is 0 Å². The molecule has 30 heavy (non-hydrogen) atoms. The summed E-state index contributed by atoms with van der Waals surface area (Å²) in [4.78, 5) is 73.9. The minimum atomic E-state index is -4.19. The quantitative estimate of drug-likeness (QED) is 0.196. The Morgan fingerprint density at radius 1 is 0.567 bits per heavy atom. The highest BCUT2D eigenvalue weighted by molar-refractivity contribution is 5.73. The predicted octanol–water partition coefficient (Wildman–Crippen LogP) is -2.68. The first kappa shape index (κ1) is 24.9. The summed E-state index contributed by atoms with van der Waals surface area (Å²) in [7, 11) is 0. The monoisotopic (exact) mass is 446 g/mol. The van der Waals surface area contributed by atoms with Crippen molar-refractivity contribution in [1.82, 2.24) is 10.9 Å². The molecule has 0 bridgehead atoms. The molecule has 0 saturated carbocycles. The summed E-state index contributed by atoms with van der Waals surface area (Å²) in [5, 5.41) is 63.5. The maximum absolute atomic E-state index is 11.2. The highest BCUT2D eigenvalue weighted by atomic mass is 16.8. The number of amides is 2. The van der Waals surface area contributed by atoms with Gasteiger partial charge in [0.25, 0.3) is 0 Å². The maximum atomic E-state index is 11.2. The van der Waals surface area contributed by atoms with Gasteiger partial charge in [-0.1, -0.05) is 0 Å². The van der Waals surface area contributed by atoms with Crippen molar-refractivity contribution in [2.45, 2.75) is 11.6 Å². The first-order valence-corrected chi connectivity index (χ1v) is 6.38. The van der Waals surface area contributed by atoms with Crippen molar-refractivity contribution in [1.29, 1.82) is 0 Å². The van der Waals surface area contributed by atoms with E-state index in [0.29, 0.717) is 0 Å². The molecule has 0 aromatic carbocycles. The van der Waals surface area contributed by atoms with Crippen LogP contribution >= 0.6 is 0 Å². The lowest BCUT2D eigenvalue weighted by molar-refractivity contribution is -0.970. The topological polar surface area (TPSA) is 336 Å². The third kappa shape index (κ3) is 4.80. The van der Waals surface area contributed by atoms with E-state index in [1.165, 1.54) is 0 Å². The molecule has 0 aliphatic heterocycles. The van der Waals surface area contributed by atoms with Crippen molar-refractivity contribution in [2.75, 3.05) is 13.2 Å². The van der Waals surface area contributed by atoms with Gasteiger partial charge in [0.05, 0.1) is 0 Å². The van der Waals surface area contributed by atoms with Crippen molar-refractivity contribution in [3.63, 3.8) is 0 Å². The third-order valence-electron chi connectivity index (χ3n) is 2.81. The van der Waals surface area contributed by atoms with Gasteiger partial charge < -0.3 is 9.47 Å². The molecule has 24 heteroatoms. The zero-order chi connectivity index (χ0) is 23.9. The van der Waals surface area contributed by atoms with Gasteiger partial charge in [0.15, 0.2) is 29.5 Å². The Morgan fingerprint density at radius 2 is 0.767 bits per heavy atom. The molecule has 0 rings (SSSR count). The van der Waals surface area contributed by atoms with E-state index >= 15 is 0 Å². The molecular weight excluding hydrogens is 440 g/mol. The fourth-order valence-electron chi connectivity index (χ4n) is 1.22. The number of carbonyl (C=O) groups is 2. The first-order valence-electron chi connectivity index (χ1n) is 6.38. The summed E-state index contributed by atoms with van der Waals surface area (Å²) >= 11 is 0. The molecule has 0 heterocycles. The number of carbonyl (C=O) groups excluding carboxylic acids is 2. The minimum absolute atomic E-state index is 1.13. The molecule has 0 spiro atoms. The number of hydrogen-bond acceptors (Lipinski definition) is 16. The van der Waals surface area contributed by atoms with Crippen molar-refractivity contribution in [3.05, 3.63) is 60.7 Å². The number of hydrogen-bond donors (Lipinski definition) is 2. The standard InChI is InChI=1S/C6H6N8O16/c15-3(29-1-5(9(17)18,10(19)20)11(21)22)7-8-4(16)30-2-6(12(23)24,13(25)26)14(27)28/h1-2H2,(H,7,15)(H,8,16). The van der Waals surface area contributed by atoms with E-state index in [0.717, 1.165) is 10.9 Å². The largest absolute Gasteiger partial charge is 0.734 e. The van der Waals surface area contributed by atoms with Crippen LogP contribution in [0.3, 0.4) is 0 Å². The highest BCUT2D eigenvalue weighted by Crippen LogP contribution is 2.14. The number of nitrogens with zero attached hydrogens (tertiary/aromatic N) is 6. The van der Waals surface area contributed by atoms with Gasteiger partial charge in [-0.05, 0) is 0 Å². The van der Waals surface area contributed by atoms with E-state index in [9.17, 15) is 70.3 Å². The second-order valence-corrected chi connectivity index (χ2v) is 4.49. The average molecular weight is 446 g/mol. The van der Waals surface area contributed by atoms with Gasteiger partial charge in [0.2, 0.25) is 0 Å². The Kier molecular flexibility index (Phi) is 7.68. The van der Waals surface area contributed by atoms with Gasteiger partial charge in [0, 0.05) is 0 Å². The first-order chi connectivity index (χ1) is 13.7. The lowest BCUT2D eigenvalue weighted by Crippen LogP contribution is -2.58. The van der Waals surface area contributed by atoms with E-state index in [4.69, 9.17) is 0 Å². The summed E-state index contributed by atoms with van der Waals surface area (Å²) in [6.07, 6.45) is -3.99. The average Bonchev–Trinajstić information content (AvgIpc) is 2.59. The number of ether oxygens (including phenoxy) is 2. The van der Waals surface area contributed by atoms with Gasteiger partial charge in [-0.15, -0.1) is 0 Å². The molecule has 0 aromatic rings. The Morgan fingerprint density at radius 3 is 0.933 bits per heavy atom. The van der Waals surface area contributed by atoms with E-state index in [1.54, 1.807) is 0 Å². The van der Waals surface area contributed by atoms with Gasteiger partial charge in [-0.2, -0.15) is 0 Å². The Bertz CT molecular complexity index is 667. The van der Waals surface area contributed by atoms with E-state index in [1.807, 2.05) is 0 Å². The minimum Gasteiger partial charge on any atom is -0.423 e. The molecular formula is C6H6N8O16. The normalized spacial score (nSPS) is 10.8. The highest BCUT2D eigenvalue weighted by Gasteiger charge is 2.73. The smallest absolute Gasteiger partial charge is 0.423 e. The summed E-state index contributed by atoms with van der Waals surface area (Å²) in [5.41, 5.74) is 2.27. The Balaban J connectivity index is 4.96. The zero-order valence-corrected chi connectivity index (χ0v) is 13.6. The molecule has 0 radical (unpaired) electrons.